The highest BCUT2D eigenvalue weighted by Gasteiger charge is 2.32. The molecule has 0 radical (unpaired) electrons. The number of rotatable bonds is 6. The maximum atomic E-state index is 12.2. The van der Waals surface area contributed by atoms with Gasteiger partial charge in [-0.1, -0.05) is 0 Å². The standard InChI is InChI=1S/C15H20N2O3/c1-11(18)12-3-5-13(6-4-12)16-15(19)17(9-10-20-2)14-7-8-14/h3-6,14H,7-10H2,1-2H3,(H,16,19). The minimum absolute atomic E-state index is 0.0163. The van der Waals surface area contributed by atoms with E-state index in [0.717, 1.165) is 12.8 Å². The van der Waals surface area contributed by atoms with Gasteiger partial charge in [0.1, 0.15) is 0 Å². The molecule has 0 spiro atoms. The third kappa shape index (κ3) is 3.81. The molecule has 1 aromatic carbocycles. The molecule has 1 aliphatic carbocycles. The fourth-order valence-corrected chi connectivity index (χ4v) is 2.01. The van der Waals surface area contributed by atoms with Crippen molar-refractivity contribution in [1.29, 1.82) is 0 Å². The first kappa shape index (κ1) is 14.5. The van der Waals surface area contributed by atoms with Gasteiger partial charge in [0.25, 0.3) is 0 Å². The fraction of sp³-hybridized carbons (Fsp3) is 0.467. The van der Waals surface area contributed by atoms with Crippen molar-refractivity contribution in [2.24, 2.45) is 0 Å². The predicted molar refractivity (Wildman–Crippen MR) is 77.1 cm³/mol. The van der Waals surface area contributed by atoms with Gasteiger partial charge in [-0.05, 0) is 44.0 Å². The SMILES string of the molecule is COCCN(C(=O)Nc1ccc(C(C)=O)cc1)C1CC1. The molecule has 1 aliphatic rings. The molecule has 20 heavy (non-hydrogen) atoms. The van der Waals surface area contributed by atoms with Crippen molar-refractivity contribution in [3.8, 4) is 0 Å². The minimum atomic E-state index is -0.111. The Hall–Kier alpha value is -1.88. The lowest BCUT2D eigenvalue weighted by atomic mass is 10.1. The van der Waals surface area contributed by atoms with Crippen LogP contribution in [0.3, 0.4) is 0 Å². The van der Waals surface area contributed by atoms with Gasteiger partial charge in [0.15, 0.2) is 5.78 Å². The Labute approximate surface area is 118 Å². The van der Waals surface area contributed by atoms with Crippen LogP contribution in [0.15, 0.2) is 24.3 Å². The molecule has 0 unspecified atom stereocenters. The average Bonchev–Trinajstić information content (AvgIpc) is 3.24. The lowest BCUT2D eigenvalue weighted by Gasteiger charge is -2.22. The van der Waals surface area contributed by atoms with Gasteiger partial charge in [0.05, 0.1) is 6.61 Å². The van der Waals surface area contributed by atoms with Gasteiger partial charge >= 0.3 is 6.03 Å². The second-order valence-electron chi connectivity index (χ2n) is 4.98. The van der Waals surface area contributed by atoms with Crippen molar-refractivity contribution in [3.63, 3.8) is 0 Å². The largest absolute Gasteiger partial charge is 0.383 e. The first-order chi connectivity index (χ1) is 9.61. The van der Waals surface area contributed by atoms with Crippen LogP contribution in [0.2, 0.25) is 0 Å². The Morgan fingerprint density at radius 2 is 1.95 bits per heavy atom. The van der Waals surface area contributed by atoms with Crippen LogP contribution in [0.5, 0.6) is 0 Å². The van der Waals surface area contributed by atoms with Crippen LogP contribution in [0, 0.1) is 0 Å². The van der Waals surface area contributed by atoms with E-state index in [9.17, 15) is 9.59 Å². The van der Waals surface area contributed by atoms with E-state index in [2.05, 4.69) is 5.32 Å². The summed E-state index contributed by atoms with van der Waals surface area (Å²) in [6, 6.07) is 7.15. The molecule has 108 valence electrons. The number of carbonyl (C=O) groups is 2. The molecule has 1 saturated carbocycles. The zero-order valence-corrected chi connectivity index (χ0v) is 11.9. The second-order valence-corrected chi connectivity index (χ2v) is 4.98. The quantitative estimate of drug-likeness (QED) is 0.812. The van der Waals surface area contributed by atoms with Crippen molar-refractivity contribution in [2.75, 3.05) is 25.6 Å². The number of nitrogens with one attached hydrogen (secondary N) is 1. The summed E-state index contributed by atoms with van der Waals surface area (Å²) in [5.41, 5.74) is 1.34. The molecule has 0 heterocycles. The van der Waals surface area contributed by atoms with Crippen LogP contribution < -0.4 is 5.32 Å². The summed E-state index contributed by atoms with van der Waals surface area (Å²) in [4.78, 5) is 25.2. The van der Waals surface area contributed by atoms with Crippen LogP contribution in [0.4, 0.5) is 10.5 Å². The molecule has 5 nitrogen and oxygen atoms in total. The van der Waals surface area contributed by atoms with E-state index in [1.165, 1.54) is 6.92 Å². The van der Waals surface area contributed by atoms with Gasteiger partial charge in [0.2, 0.25) is 0 Å². The number of urea groups is 1. The Kier molecular flexibility index (Phi) is 4.74. The number of Topliss-reactive ketones (excluding diaryl/α,β-unsaturated/α-hetero) is 1. The second kappa shape index (κ2) is 6.52. The number of hydrogen-bond donors (Lipinski definition) is 1. The van der Waals surface area contributed by atoms with E-state index < -0.39 is 0 Å². The number of methoxy groups -OCH3 is 1. The monoisotopic (exact) mass is 276 g/mol. The molecule has 0 atom stereocenters. The van der Waals surface area contributed by atoms with E-state index in [-0.39, 0.29) is 11.8 Å². The normalized spacial score (nSPS) is 13.9. The molecule has 5 heteroatoms. The molecule has 0 aromatic heterocycles. The number of hydrogen-bond acceptors (Lipinski definition) is 3. The third-order valence-corrected chi connectivity index (χ3v) is 3.33. The highest BCUT2D eigenvalue weighted by atomic mass is 16.5. The van der Waals surface area contributed by atoms with Crippen LogP contribution in [0.1, 0.15) is 30.1 Å². The number of anilines is 1. The van der Waals surface area contributed by atoms with Gasteiger partial charge in [0, 0.05) is 30.9 Å². The number of carbonyl (C=O) groups excluding carboxylic acids is 2. The van der Waals surface area contributed by atoms with Gasteiger partial charge < -0.3 is 15.0 Å². The Morgan fingerprint density at radius 3 is 2.45 bits per heavy atom. The summed E-state index contributed by atoms with van der Waals surface area (Å²) in [5, 5.41) is 2.86. The molecular weight excluding hydrogens is 256 g/mol. The Morgan fingerprint density at radius 1 is 1.30 bits per heavy atom. The summed E-state index contributed by atoms with van der Waals surface area (Å²) in [6.07, 6.45) is 2.11. The number of ketones is 1. The van der Waals surface area contributed by atoms with Crippen molar-refractivity contribution in [2.45, 2.75) is 25.8 Å². The molecule has 2 amide bonds. The van der Waals surface area contributed by atoms with E-state index in [0.29, 0.717) is 30.4 Å². The van der Waals surface area contributed by atoms with Crippen LogP contribution in [0.25, 0.3) is 0 Å². The number of amides is 2. The lowest BCUT2D eigenvalue weighted by Crippen LogP contribution is -2.39. The summed E-state index contributed by atoms with van der Waals surface area (Å²) in [7, 11) is 1.63. The smallest absolute Gasteiger partial charge is 0.322 e. The summed E-state index contributed by atoms with van der Waals surface area (Å²) >= 11 is 0. The van der Waals surface area contributed by atoms with Crippen molar-refractivity contribution in [1.82, 2.24) is 4.90 Å². The van der Waals surface area contributed by atoms with E-state index in [1.54, 1.807) is 31.4 Å². The zero-order chi connectivity index (χ0) is 14.5. The van der Waals surface area contributed by atoms with Crippen molar-refractivity contribution >= 4 is 17.5 Å². The Bertz CT molecular complexity index is 480. The van der Waals surface area contributed by atoms with Crippen LogP contribution >= 0.6 is 0 Å². The molecule has 1 aromatic rings. The van der Waals surface area contributed by atoms with Gasteiger partial charge in [-0.15, -0.1) is 0 Å². The van der Waals surface area contributed by atoms with Crippen molar-refractivity contribution in [3.05, 3.63) is 29.8 Å². The minimum Gasteiger partial charge on any atom is -0.383 e. The molecule has 0 saturated heterocycles. The van der Waals surface area contributed by atoms with Crippen molar-refractivity contribution < 1.29 is 14.3 Å². The Balaban J connectivity index is 1.96. The number of nitrogens with zero attached hydrogens (tertiary/aromatic N) is 1. The molecule has 0 aliphatic heterocycles. The maximum Gasteiger partial charge on any atom is 0.322 e. The predicted octanol–water partition coefficient (Wildman–Crippen LogP) is 2.53. The number of ether oxygens (including phenoxy) is 1. The van der Waals surface area contributed by atoms with Gasteiger partial charge in [-0.2, -0.15) is 0 Å². The number of benzene rings is 1. The van der Waals surface area contributed by atoms with Crippen LogP contribution in [-0.4, -0.2) is 43.0 Å². The van der Waals surface area contributed by atoms with Gasteiger partial charge in [-0.3, -0.25) is 4.79 Å². The summed E-state index contributed by atoms with van der Waals surface area (Å²) in [6.45, 7) is 2.65. The van der Waals surface area contributed by atoms with E-state index in [4.69, 9.17) is 4.74 Å². The maximum absolute atomic E-state index is 12.2. The highest BCUT2D eigenvalue weighted by molar-refractivity contribution is 5.95. The highest BCUT2D eigenvalue weighted by Crippen LogP contribution is 2.27. The first-order valence-electron chi connectivity index (χ1n) is 6.79. The van der Waals surface area contributed by atoms with Crippen LogP contribution in [-0.2, 0) is 4.74 Å². The topological polar surface area (TPSA) is 58.6 Å². The van der Waals surface area contributed by atoms with E-state index in [1.807, 2.05) is 4.90 Å². The zero-order valence-electron chi connectivity index (χ0n) is 11.9. The molecule has 0 bridgehead atoms. The first-order valence-corrected chi connectivity index (χ1v) is 6.79. The summed E-state index contributed by atoms with van der Waals surface area (Å²) in [5.74, 6) is 0.0163. The lowest BCUT2D eigenvalue weighted by molar-refractivity contribution is 0.101. The fourth-order valence-electron chi connectivity index (χ4n) is 2.01. The summed E-state index contributed by atoms with van der Waals surface area (Å²) < 4.78 is 5.03. The van der Waals surface area contributed by atoms with Gasteiger partial charge in [-0.25, -0.2) is 4.79 Å². The molecule has 1 fully saturated rings. The van der Waals surface area contributed by atoms with E-state index >= 15 is 0 Å². The molecule has 2 rings (SSSR count). The third-order valence-electron chi connectivity index (χ3n) is 3.33. The molecule has 1 N–H and O–H groups in total. The average molecular weight is 276 g/mol. The molecular formula is C15H20N2O3.